The number of unbranched alkanes of at least 4 members (excludes halogenated alkanes) is 2. The molecule has 1 heterocycles. The Kier molecular flexibility index (Phi) is 6.38. The minimum Gasteiger partial charge on any atom is -0.396 e. The molecular weight excluding hydrogens is 258 g/mol. The molecule has 112 valence electrons. The van der Waals surface area contributed by atoms with E-state index in [-0.39, 0.29) is 18.1 Å². The lowest BCUT2D eigenvalue weighted by Crippen LogP contribution is -2.32. The van der Waals surface area contributed by atoms with Gasteiger partial charge < -0.3 is 15.4 Å². The summed E-state index contributed by atoms with van der Waals surface area (Å²) < 4.78 is 0. The zero-order chi connectivity index (χ0) is 15.1. The molecule has 0 atom stereocenters. The lowest BCUT2D eigenvalue weighted by Gasteiger charge is -2.09. The Labute approximate surface area is 118 Å². The molecule has 0 aliphatic carbocycles. The van der Waals surface area contributed by atoms with E-state index in [1.54, 1.807) is 6.92 Å². The van der Waals surface area contributed by atoms with E-state index >= 15 is 0 Å². The SMILES string of the molecule is Cc1nc(C(C)C)[nH]c(=O)c1C(=O)NCCCCCO. The second-order valence-electron chi connectivity index (χ2n) is 5.11. The van der Waals surface area contributed by atoms with E-state index in [1.807, 2.05) is 13.8 Å². The molecule has 1 rings (SSSR count). The van der Waals surface area contributed by atoms with E-state index in [1.165, 1.54) is 0 Å². The van der Waals surface area contributed by atoms with Crippen molar-refractivity contribution in [3.63, 3.8) is 0 Å². The summed E-state index contributed by atoms with van der Waals surface area (Å²) in [4.78, 5) is 30.8. The number of H-pyrrole nitrogens is 1. The first kappa shape index (κ1) is 16.4. The van der Waals surface area contributed by atoms with Crippen molar-refractivity contribution in [1.29, 1.82) is 0 Å². The van der Waals surface area contributed by atoms with Gasteiger partial charge in [-0.2, -0.15) is 0 Å². The summed E-state index contributed by atoms with van der Waals surface area (Å²) >= 11 is 0. The van der Waals surface area contributed by atoms with Crippen LogP contribution in [0.25, 0.3) is 0 Å². The third-order valence-electron chi connectivity index (χ3n) is 3.01. The van der Waals surface area contributed by atoms with Gasteiger partial charge in [-0.1, -0.05) is 13.8 Å². The molecule has 1 amide bonds. The van der Waals surface area contributed by atoms with E-state index in [4.69, 9.17) is 5.11 Å². The quantitative estimate of drug-likeness (QED) is 0.652. The van der Waals surface area contributed by atoms with Crippen LogP contribution in [0, 0.1) is 6.92 Å². The smallest absolute Gasteiger partial charge is 0.264 e. The fraction of sp³-hybridized carbons (Fsp3) is 0.643. The maximum Gasteiger partial charge on any atom is 0.264 e. The van der Waals surface area contributed by atoms with Crippen LogP contribution < -0.4 is 10.9 Å². The molecule has 0 saturated heterocycles. The van der Waals surface area contributed by atoms with Crippen molar-refractivity contribution in [2.24, 2.45) is 0 Å². The van der Waals surface area contributed by atoms with Crippen molar-refractivity contribution in [2.75, 3.05) is 13.2 Å². The number of aliphatic hydroxyl groups is 1. The predicted octanol–water partition coefficient (Wildman–Crippen LogP) is 1.09. The number of rotatable bonds is 7. The van der Waals surface area contributed by atoms with Crippen LogP contribution in [0.4, 0.5) is 0 Å². The molecule has 0 fully saturated rings. The molecule has 6 nitrogen and oxygen atoms in total. The number of nitrogens with zero attached hydrogens (tertiary/aromatic N) is 1. The summed E-state index contributed by atoms with van der Waals surface area (Å²) in [5.74, 6) is 0.305. The number of amides is 1. The van der Waals surface area contributed by atoms with Gasteiger partial charge in [0, 0.05) is 19.1 Å². The molecule has 0 spiro atoms. The van der Waals surface area contributed by atoms with Gasteiger partial charge in [-0.05, 0) is 26.2 Å². The fourth-order valence-corrected chi connectivity index (χ4v) is 1.85. The molecule has 6 heteroatoms. The molecule has 1 aromatic rings. The summed E-state index contributed by atoms with van der Waals surface area (Å²) in [5.41, 5.74) is 0.135. The first-order chi connectivity index (χ1) is 9.47. The highest BCUT2D eigenvalue weighted by Gasteiger charge is 2.16. The lowest BCUT2D eigenvalue weighted by molar-refractivity contribution is 0.0950. The molecule has 20 heavy (non-hydrogen) atoms. The molecule has 3 N–H and O–H groups in total. The number of aromatic amines is 1. The Morgan fingerprint density at radius 1 is 1.35 bits per heavy atom. The number of nitrogens with one attached hydrogen (secondary N) is 2. The van der Waals surface area contributed by atoms with Gasteiger partial charge in [-0.3, -0.25) is 9.59 Å². The third kappa shape index (κ3) is 4.45. The van der Waals surface area contributed by atoms with E-state index in [0.29, 0.717) is 18.1 Å². The van der Waals surface area contributed by atoms with Crippen molar-refractivity contribution in [1.82, 2.24) is 15.3 Å². The Morgan fingerprint density at radius 2 is 2.05 bits per heavy atom. The summed E-state index contributed by atoms with van der Waals surface area (Å²) in [6, 6.07) is 0. The number of aliphatic hydroxyl groups excluding tert-OH is 1. The van der Waals surface area contributed by atoms with Gasteiger partial charge in [0.05, 0.1) is 5.69 Å². The monoisotopic (exact) mass is 281 g/mol. The lowest BCUT2D eigenvalue weighted by atomic mass is 10.1. The zero-order valence-electron chi connectivity index (χ0n) is 12.3. The summed E-state index contributed by atoms with van der Waals surface area (Å²) in [6.07, 6.45) is 2.34. The van der Waals surface area contributed by atoms with Crippen LogP contribution in [-0.2, 0) is 0 Å². The molecule has 0 bridgehead atoms. The van der Waals surface area contributed by atoms with E-state index in [9.17, 15) is 9.59 Å². The highest BCUT2D eigenvalue weighted by Crippen LogP contribution is 2.08. The minimum absolute atomic E-state index is 0.0801. The standard InChI is InChI=1S/C14H23N3O3/c1-9(2)12-16-10(3)11(14(20)17-12)13(19)15-7-5-4-6-8-18/h9,18H,4-8H2,1-3H3,(H,15,19)(H,16,17,20). The first-order valence-corrected chi connectivity index (χ1v) is 6.97. The van der Waals surface area contributed by atoms with Crippen molar-refractivity contribution >= 4 is 5.91 Å². The molecule has 0 aliphatic rings. The van der Waals surface area contributed by atoms with Crippen molar-refractivity contribution in [2.45, 2.75) is 46.0 Å². The van der Waals surface area contributed by atoms with Crippen LogP contribution in [0.5, 0.6) is 0 Å². The van der Waals surface area contributed by atoms with Crippen molar-refractivity contribution in [3.8, 4) is 0 Å². The van der Waals surface area contributed by atoms with E-state index in [0.717, 1.165) is 19.3 Å². The van der Waals surface area contributed by atoms with Gasteiger partial charge in [0.15, 0.2) is 0 Å². The molecule has 0 radical (unpaired) electrons. The normalized spacial score (nSPS) is 10.8. The number of aryl methyl sites for hydroxylation is 1. The van der Waals surface area contributed by atoms with Crippen LogP contribution in [0.2, 0.25) is 0 Å². The Hall–Kier alpha value is -1.69. The molecule has 0 aromatic carbocycles. The van der Waals surface area contributed by atoms with E-state index < -0.39 is 11.5 Å². The van der Waals surface area contributed by atoms with Crippen molar-refractivity contribution in [3.05, 3.63) is 27.4 Å². The van der Waals surface area contributed by atoms with Gasteiger partial charge in [-0.15, -0.1) is 0 Å². The first-order valence-electron chi connectivity index (χ1n) is 6.97. The fourth-order valence-electron chi connectivity index (χ4n) is 1.85. The number of hydrogen-bond acceptors (Lipinski definition) is 4. The van der Waals surface area contributed by atoms with Crippen LogP contribution in [0.1, 0.15) is 60.9 Å². The van der Waals surface area contributed by atoms with Gasteiger partial charge in [0.1, 0.15) is 11.4 Å². The van der Waals surface area contributed by atoms with Gasteiger partial charge >= 0.3 is 0 Å². The second-order valence-corrected chi connectivity index (χ2v) is 5.11. The summed E-state index contributed by atoms with van der Waals surface area (Å²) in [5, 5.41) is 11.4. The zero-order valence-corrected chi connectivity index (χ0v) is 12.3. The van der Waals surface area contributed by atoms with Crippen LogP contribution >= 0.6 is 0 Å². The Bertz CT molecular complexity index is 509. The summed E-state index contributed by atoms with van der Waals surface area (Å²) in [7, 11) is 0. The second kappa shape index (κ2) is 7.79. The predicted molar refractivity (Wildman–Crippen MR) is 77.0 cm³/mol. The highest BCUT2D eigenvalue weighted by atomic mass is 16.3. The molecule has 0 saturated carbocycles. The number of aromatic nitrogens is 2. The molecular formula is C14H23N3O3. The molecule has 0 aliphatic heterocycles. The van der Waals surface area contributed by atoms with Gasteiger partial charge in [-0.25, -0.2) is 4.98 Å². The summed E-state index contributed by atoms with van der Waals surface area (Å²) in [6.45, 7) is 6.18. The van der Waals surface area contributed by atoms with Gasteiger partial charge in [0.2, 0.25) is 0 Å². The van der Waals surface area contributed by atoms with Crippen LogP contribution in [0.15, 0.2) is 4.79 Å². The van der Waals surface area contributed by atoms with Crippen LogP contribution in [-0.4, -0.2) is 34.1 Å². The minimum atomic E-state index is -0.394. The number of carbonyl (C=O) groups excluding carboxylic acids is 1. The third-order valence-corrected chi connectivity index (χ3v) is 3.01. The maximum atomic E-state index is 12.0. The highest BCUT2D eigenvalue weighted by molar-refractivity contribution is 5.94. The van der Waals surface area contributed by atoms with Crippen LogP contribution in [0.3, 0.4) is 0 Å². The average Bonchev–Trinajstić information content (AvgIpc) is 2.37. The van der Waals surface area contributed by atoms with E-state index in [2.05, 4.69) is 15.3 Å². The largest absolute Gasteiger partial charge is 0.396 e. The van der Waals surface area contributed by atoms with Gasteiger partial charge in [0.25, 0.3) is 11.5 Å². The Balaban J connectivity index is 2.71. The number of hydrogen-bond donors (Lipinski definition) is 3. The topological polar surface area (TPSA) is 95.1 Å². The van der Waals surface area contributed by atoms with Crippen molar-refractivity contribution < 1.29 is 9.90 Å². The Morgan fingerprint density at radius 3 is 2.60 bits per heavy atom. The molecule has 0 unspecified atom stereocenters. The average molecular weight is 281 g/mol. The maximum absolute atomic E-state index is 12.0. The molecule has 1 aromatic heterocycles. The number of carbonyl (C=O) groups is 1.